The minimum Gasteiger partial charge on any atom is -0.453 e. The molecule has 0 saturated carbocycles. The fraction of sp³-hybridized carbons (Fsp3) is 0. The van der Waals surface area contributed by atoms with Crippen molar-refractivity contribution < 1.29 is 28.4 Å². The second kappa shape index (κ2) is 14.6. The van der Waals surface area contributed by atoms with E-state index in [1.54, 1.807) is 0 Å². The Labute approximate surface area is 278 Å². The topological polar surface area (TPSA) is 55.4 Å². The first-order valence-electron chi connectivity index (χ1n) is 15.4. The highest BCUT2D eigenvalue weighted by atomic mass is 16.6. The molecule has 6 nitrogen and oxygen atoms in total. The molecule has 7 rings (SSSR count). The number of ether oxygens (including phenoxy) is 6. The van der Waals surface area contributed by atoms with Crippen LogP contribution in [0.4, 0.5) is 0 Å². The van der Waals surface area contributed by atoms with E-state index in [1.807, 2.05) is 182 Å². The van der Waals surface area contributed by atoms with Gasteiger partial charge in [-0.1, -0.05) is 97.1 Å². The van der Waals surface area contributed by atoms with Gasteiger partial charge < -0.3 is 28.4 Å². The van der Waals surface area contributed by atoms with Gasteiger partial charge in [0.2, 0.25) is 11.5 Å². The molecule has 0 aliphatic carbocycles. The first kappa shape index (κ1) is 30.0. The van der Waals surface area contributed by atoms with Crippen molar-refractivity contribution in [2.24, 2.45) is 0 Å². The van der Waals surface area contributed by atoms with E-state index in [9.17, 15) is 0 Å². The lowest BCUT2D eigenvalue weighted by Gasteiger charge is -2.19. The van der Waals surface area contributed by atoms with Gasteiger partial charge in [-0.25, -0.2) is 0 Å². The molecule has 0 fully saturated rings. The third kappa shape index (κ3) is 7.41. The number of hydrogen-bond acceptors (Lipinski definition) is 6. The molecule has 7 aromatic carbocycles. The third-order valence-electron chi connectivity index (χ3n) is 7.04. The molecule has 0 saturated heterocycles. The predicted molar refractivity (Wildman–Crippen MR) is 186 cm³/mol. The Morgan fingerprint density at radius 1 is 0.188 bits per heavy atom. The second-order valence-electron chi connectivity index (χ2n) is 10.5. The third-order valence-corrected chi connectivity index (χ3v) is 7.04. The number of hydrogen-bond donors (Lipinski definition) is 0. The van der Waals surface area contributed by atoms with Gasteiger partial charge in [-0.15, -0.1) is 0 Å². The molecule has 0 aliphatic heterocycles. The van der Waals surface area contributed by atoms with Gasteiger partial charge >= 0.3 is 0 Å². The van der Waals surface area contributed by atoms with Gasteiger partial charge in [-0.3, -0.25) is 0 Å². The van der Waals surface area contributed by atoms with Gasteiger partial charge in [0, 0.05) is 0 Å². The standard InChI is InChI=1S/C42H30O6/c1-5-17-31(18-6-1)43-37-27-15-29-39(41(37)45-33-21-9-3-10-22-33)47-35-25-13-14-26-36(35)48-40-30-16-28-38(44-32-19-7-2-8-20-32)42(40)46-34-23-11-4-12-24-34/h1-30H. The molecule has 0 aliphatic rings. The maximum Gasteiger partial charge on any atom is 0.212 e. The summed E-state index contributed by atoms with van der Waals surface area (Å²) < 4.78 is 38.3. The van der Waals surface area contributed by atoms with Crippen LogP contribution in [0.1, 0.15) is 0 Å². The maximum atomic E-state index is 6.55. The van der Waals surface area contributed by atoms with Crippen molar-refractivity contribution >= 4 is 0 Å². The fourth-order valence-corrected chi connectivity index (χ4v) is 4.81. The largest absolute Gasteiger partial charge is 0.453 e. The molecular weight excluding hydrogens is 600 g/mol. The minimum atomic E-state index is 0.411. The van der Waals surface area contributed by atoms with Gasteiger partial charge in [0.05, 0.1) is 0 Å². The van der Waals surface area contributed by atoms with Crippen molar-refractivity contribution in [2.75, 3.05) is 0 Å². The molecule has 0 bridgehead atoms. The lowest BCUT2D eigenvalue weighted by atomic mass is 10.2. The normalized spacial score (nSPS) is 10.5. The zero-order valence-electron chi connectivity index (χ0n) is 25.8. The molecule has 0 radical (unpaired) electrons. The van der Waals surface area contributed by atoms with Crippen LogP contribution in [0.15, 0.2) is 182 Å². The Bertz CT molecular complexity index is 1920. The fourth-order valence-electron chi connectivity index (χ4n) is 4.81. The smallest absolute Gasteiger partial charge is 0.212 e. The average Bonchev–Trinajstić information content (AvgIpc) is 3.13. The van der Waals surface area contributed by atoms with Crippen LogP contribution in [0.3, 0.4) is 0 Å². The highest BCUT2D eigenvalue weighted by molar-refractivity contribution is 5.59. The van der Waals surface area contributed by atoms with E-state index in [-0.39, 0.29) is 0 Å². The van der Waals surface area contributed by atoms with E-state index in [0.29, 0.717) is 69.0 Å². The SMILES string of the molecule is c1ccc(Oc2cccc(Oc3ccccc3Oc3cccc(Oc4ccccc4)c3Oc3ccccc3)c2Oc2ccccc2)cc1. The van der Waals surface area contributed by atoms with Gasteiger partial charge in [-0.2, -0.15) is 0 Å². The molecule has 0 N–H and O–H groups in total. The van der Waals surface area contributed by atoms with Crippen LogP contribution < -0.4 is 28.4 Å². The number of para-hydroxylation sites is 8. The zero-order valence-corrected chi connectivity index (χ0v) is 25.8. The van der Waals surface area contributed by atoms with Crippen LogP contribution in [-0.4, -0.2) is 0 Å². The number of benzene rings is 7. The van der Waals surface area contributed by atoms with Gasteiger partial charge in [0.15, 0.2) is 34.5 Å². The summed E-state index contributed by atoms with van der Waals surface area (Å²) in [4.78, 5) is 0. The zero-order chi connectivity index (χ0) is 32.4. The Morgan fingerprint density at radius 3 is 0.771 bits per heavy atom. The summed E-state index contributed by atoms with van der Waals surface area (Å²) >= 11 is 0. The van der Waals surface area contributed by atoms with E-state index < -0.39 is 0 Å². The summed E-state index contributed by atoms with van der Waals surface area (Å²) in [5.74, 6) is 6.18. The predicted octanol–water partition coefficient (Wildman–Crippen LogP) is 12.4. The summed E-state index contributed by atoms with van der Waals surface area (Å²) in [6.45, 7) is 0. The van der Waals surface area contributed by atoms with Crippen molar-refractivity contribution in [3.63, 3.8) is 0 Å². The first-order chi connectivity index (χ1) is 23.8. The van der Waals surface area contributed by atoms with E-state index in [1.165, 1.54) is 0 Å². The Balaban J connectivity index is 1.24. The number of rotatable bonds is 12. The van der Waals surface area contributed by atoms with Crippen molar-refractivity contribution in [3.8, 4) is 69.0 Å². The summed E-state index contributed by atoms with van der Waals surface area (Å²) in [7, 11) is 0. The van der Waals surface area contributed by atoms with Crippen molar-refractivity contribution in [1.29, 1.82) is 0 Å². The van der Waals surface area contributed by atoms with Crippen LogP contribution >= 0.6 is 0 Å². The molecule has 7 aromatic rings. The Kier molecular flexibility index (Phi) is 9.15. The Morgan fingerprint density at radius 2 is 0.438 bits per heavy atom. The van der Waals surface area contributed by atoms with E-state index in [0.717, 1.165) is 0 Å². The highest BCUT2D eigenvalue weighted by Gasteiger charge is 2.20. The first-order valence-corrected chi connectivity index (χ1v) is 15.4. The van der Waals surface area contributed by atoms with Crippen molar-refractivity contribution in [2.45, 2.75) is 0 Å². The molecule has 0 spiro atoms. The van der Waals surface area contributed by atoms with Gasteiger partial charge in [-0.05, 0) is 84.9 Å². The van der Waals surface area contributed by atoms with Crippen LogP contribution in [0.5, 0.6) is 69.0 Å². The highest BCUT2D eigenvalue weighted by Crippen LogP contribution is 2.48. The van der Waals surface area contributed by atoms with E-state index in [4.69, 9.17) is 28.4 Å². The molecule has 0 aromatic heterocycles. The van der Waals surface area contributed by atoms with Gasteiger partial charge in [0.25, 0.3) is 0 Å². The molecule has 0 atom stereocenters. The van der Waals surface area contributed by atoms with E-state index >= 15 is 0 Å². The van der Waals surface area contributed by atoms with Gasteiger partial charge in [0.1, 0.15) is 23.0 Å². The lowest BCUT2D eigenvalue weighted by Crippen LogP contribution is -1.97. The quantitative estimate of drug-likeness (QED) is 0.134. The summed E-state index contributed by atoms with van der Waals surface area (Å²) in [6, 6.07) is 56.5. The van der Waals surface area contributed by atoms with Crippen molar-refractivity contribution in [3.05, 3.63) is 182 Å². The second-order valence-corrected chi connectivity index (χ2v) is 10.5. The lowest BCUT2D eigenvalue weighted by molar-refractivity contribution is 0.363. The maximum absolute atomic E-state index is 6.55. The summed E-state index contributed by atoms with van der Waals surface area (Å²) in [5.41, 5.74) is 0. The molecule has 0 heterocycles. The Hall–Kier alpha value is -6.66. The molecule has 0 amide bonds. The van der Waals surface area contributed by atoms with E-state index in [2.05, 4.69) is 0 Å². The molecular formula is C42H30O6. The van der Waals surface area contributed by atoms with Crippen LogP contribution in [-0.2, 0) is 0 Å². The monoisotopic (exact) mass is 630 g/mol. The molecule has 234 valence electrons. The molecule has 0 unspecified atom stereocenters. The van der Waals surface area contributed by atoms with Crippen LogP contribution in [0.25, 0.3) is 0 Å². The molecule has 48 heavy (non-hydrogen) atoms. The average molecular weight is 631 g/mol. The summed E-state index contributed by atoms with van der Waals surface area (Å²) in [5, 5.41) is 0. The van der Waals surface area contributed by atoms with Crippen LogP contribution in [0.2, 0.25) is 0 Å². The minimum absolute atomic E-state index is 0.411. The van der Waals surface area contributed by atoms with Crippen LogP contribution in [0, 0.1) is 0 Å². The molecule has 6 heteroatoms. The van der Waals surface area contributed by atoms with Crippen molar-refractivity contribution in [1.82, 2.24) is 0 Å². The summed E-state index contributed by atoms with van der Waals surface area (Å²) in [6.07, 6.45) is 0.